The van der Waals surface area contributed by atoms with Crippen molar-refractivity contribution >= 4 is 39.8 Å². The van der Waals surface area contributed by atoms with Crippen LogP contribution in [0.1, 0.15) is 58.1 Å². The summed E-state index contributed by atoms with van der Waals surface area (Å²) in [6.07, 6.45) is 4.19. The van der Waals surface area contributed by atoms with Crippen molar-refractivity contribution in [1.29, 1.82) is 0 Å². The van der Waals surface area contributed by atoms with Crippen molar-refractivity contribution in [1.82, 2.24) is 29.7 Å². The molecule has 0 aliphatic carbocycles. The normalized spacial score (nSPS) is 17.5. The molecule has 2 aromatic heterocycles. The number of amides is 3. The van der Waals surface area contributed by atoms with Crippen LogP contribution < -0.4 is 11.0 Å². The lowest BCUT2D eigenvalue weighted by molar-refractivity contribution is -0.138. The number of nitrogens with zero attached hydrogens (tertiary/aromatic N) is 3. The summed E-state index contributed by atoms with van der Waals surface area (Å²) in [6, 6.07) is 14.8. The number of piperidine rings is 2. The van der Waals surface area contributed by atoms with Crippen LogP contribution >= 0.6 is 0 Å². The maximum Gasteiger partial charge on any atom is 0.410 e. The first-order chi connectivity index (χ1) is 21.6. The van der Waals surface area contributed by atoms with Crippen molar-refractivity contribution in [2.24, 2.45) is 5.92 Å². The van der Waals surface area contributed by atoms with Gasteiger partial charge in [0.1, 0.15) is 11.6 Å². The number of fused-ring (bicyclic) bond motifs is 2. The topological polar surface area (TPSA) is 133 Å². The summed E-state index contributed by atoms with van der Waals surface area (Å²) in [5.74, 6) is -0.594. The molecule has 2 aromatic carbocycles. The van der Waals surface area contributed by atoms with Crippen LogP contribution in [0, 0.1) is 5.92 Å². The Kier molecular flexibility index (Phi) is 8.44. The molecule has 6 rings (SSSR count). The molecule has 238 valence electrons. The number of H-pyrrole nitrogens is 2. The van der Waals surface area contributed by atoms with Gasteiger partial charge in [-0.3, -0.25) is 14.2 Å². The molecule has 4 heterocycles. The lowest BCUT2D eigenvalue weighted by atomic mass is 9.94. The number of aromatic amines is 2. The van der Waals surface area contributed by atoms with Gasteiger partial charge >= 0.3 is 11.8 Å². The molecular weight excluding hydrogens is 572 g/mol. The van der Waals surface area contributed by atoms with Crippen molar-refractivity contribution in [3.05, 3.63) is 70.8 Å². The number of para-hydroxylation sites is 3. The fourth-order valence-corrected chi connectivity index (χ4v) is 6.66. The van der Waals surface area contributed by atoms with Crippen LogP contribution in [0.4, 0.5) is 4.79 Å². The van der Waals surface area contributed by atoms with Gasteiger partial charge in [0.05, 0.1) is 11.0 Å². The van der Waals surface area contributed by atoms with Gasteiger partial charge < -0.3 is 29.8 Å². The van der Waals surface area contributed by atoms with Crippen molar-refractivity contribution in [2.45, 2.75) is 70.6 Å². The predicted octanol–water partition coefficient (Wildman–Crippen LogP) is 4.35. The summed E-state index contributed by atoms with van der Waals surface area (Å²) in [5, 5.41) is 4.12. The molecule has 2 aliphatic rings. The molecule has 2 saturated heterocycles. The first-order valence-corrected chi connectivity index (χ1v) is 15.9. The van der Waals surface area contributed by atoms with E-state index in [1.807, 2.05) is 85.0 Å². The van der Waals surface area contributed by atoms with E-state index in [2.05, 4.69) is 15.3 Å². The van der Waals surface area contributed by atoms with Crippen LogP contribution in [0.3, 0.4) is 0 Å². The number of carbonyl (C=O) groups is 3. The SMILES string of the molecule is CC(C)(C)OC(=O)N1CCC(C(=O)NC(Cc2c[nH]c3ccccc23)C(=O)N2CCC(n3c(=O)[nH]c4ccccc43)CC2)CC1. The monoisotopic (exact) mass is 614 g/mol. The standard InChI is InChI=1S/C34H42N6O5/c1-34(2,3)45-33(44)39-16-12-22(13-17-39)30(41)36-28(20-23-21-35-26-9-5-4-8-25(23)26)31(42)38-18-14-24(15-19-38)40-29-11-7-6-10-27(29)37-32(40)43/h4-11,21-22,24,28,35H,12-20H2,1-3H3,(H,36,41)(H,37,43). The fourth-order valence-electron chi connectivity index (χ4n) is 6.66. The lowest BCUT2D eigenvalue weighted by Crippen LogP contribution is -2.54. The highest BCUT2D eigenvalue weighted by atomic mass is 16.6. The Morgan fingerprint density at radius 1 is 0.911 bits per heavy atom. The van der Waals surface area contributed by atoms with Crippen LogP contribution in [0.25, 0.3) is 21.9 Å². The van der Waals surface area contributed by atoms with Crippen molar-refractivity contribution in [2.75, 3.05) is 26.2 Å². The fraction of sp³-hybridized carbons (Fsp3) is 0.471. The number of aromatic nitrogens is 3. The zero-order valence-electron chi connectivity index (χ0n) is 26.2. The zero-order chi connectivity index (χ0) is 31.7. The number of rotatable bonds is 6. The summed E-state index contributed by atoms with van der Waals surface area (Å²) in [7, 11) is 0. The van der Waals surface area contributed by atoms with Crippen LogP contribution in [0.5, 0.6) is 0 Å². The van der Waals surface area contributed by atoms with E-state index in [0.29, 0.717) is 58.3 Å². The third kappa shape index (κ3) is 6.62. The highest BCUT2D eigenvalue weighted by Gasteiger charge is 2.35. The second kappa shape index (κ2) is 12.5. The van der Waals surface area contributed by atoms with Crippen LogP contribution in [0.15, 0.2) is 59.5 Å². The quantitative estimate of drug-likeness (QED) is 0.297. The summed E-state index contributed by atoms with van der Waals surface area (Å²) in [6.45, 7) is 7.33. The van der Waals surface area contributed by atoms with Gasteiger partial charge in [-0.25, -0.2) is 9.59 Å². The average molecular weight is 615 g/mol. The highest BCUT2D eigenvalue weighted by molar-refractivity contribution is 5.90. The molecule has 0 bridgehead atoms. The Bertz CT molecular complexity index is 1750. The minimum absolute atomic E-state index is 0.0190. The molecule has 45 heavy (non-hydrogen) atoms. The summed E-state index contributed by atoms with van der Waals surface area (Å²) in [5.41, 5.74) is 2.90. The Morgan fingerprint density at radius 3 is 2.27 bits per heavy atom. The Balaban J connectivity index is 1.14. The molecule has 2 fully saturated rings. The zero-order valence-corrected chi connectivity index (χ0v) is 26.2. The van der Waals surface area contributed by atoms with Gasteiger partial charge in [-0.1, -0.05) is 30.3 Å². The lowest BCUT2D eigenvalue weighted by Gasteiger charge is -2.36. The van der Waals surface area contributed by atoms with Gasteiger partial charge in [0, 0.05) is 61.7 Å². The number of ether oxygens (including phenoxy) is 1. The number of likely N-dealkylation sites (tertiary alicyclic amines) is 2. The maximum atomic E-state index is 14.1. The molecule has 11 heteroatoms. The summed E-state index contributed by atoms with van der Waals surface area (Å²) < 4.78 is 7.31. The minimum atomic E-state index is -0.743. The minimum Gasteiger partial charge on any atom is -0.444 e. The van der Waals surface area contributed by atoms with Gasteiger partial charge in [-0.15, -0.1) is 0 Å². The Labute approximate surface area is 261 Å². The van der Waals surface area contributed by atoms with E-state index < -0.39 is 11.6 Å². The Hall–Kier alpha value is -4.54. The molecule has 0 saturated carbocycles. The molecule has 2 aliphatic heterocycles. The predicted molar refractivity (Wildman–Crippen MR) is 172 cm³/mol. The van der Waals surface area contributed by atoms with Crippen LogP contribution in [0.2, 0.25) is 0 Å². The number of carbonyl (C=O) groups excluding carboxylic acids is 3. The molecule has 11 nitrogen and oxygen atoms in total. The van der Waals surface area contributed by atoms with E-state index in [-0.39, 0.29) is 35.6 Å². The second-order valence-electron chi connectivity index (χ2n) is 13.2. The molecule has 3 amide bonds. The molecule has 0 radical (unpaired) electrons. The number of benzene rings is 2. The number of hydrogen-bond acceptors (Lipinski definition) is 5. The number of hydrogen-bond donors (Lipinski definition) is 3. The van der Waals surface area contributed by atoms with E-state index in [0.717, 1.165) is 27.5 Å². The van der Waals surface area contributed by atoms with E-state index >= 15 is 0 Å². The van der Waals surface area contributed by atoms with E-state index in [9.17, 15) is 19.2 Å². The Morgan fingerprint density at radius 2 is 1.56 bits per heavy atom. The third-order valence-electron chi connectivity index (χ3n) is 9.00. The summed E-state index contributed by atoms with van der Waals surface area (Å²) >= 11 is 0. The number of imidazole rings is 1. The van der Waals surface area contributed by atoms with Crippen LogP contribution in [-0.2, 0) is 20.7 Å². The highest BCUT2D eigenvalue weighted by Crippen LogP contribution is 2.27. The maximum absolute atomic E-state index is 14.1. The summed E-state index contributed by atoms with van der Waals surface area (Å²) in [4.78, 5) is 62.7. The molecule has 4 aromatic rings. The average Bonchev–Trinajstić information content (AvgIpc) is 3.59. The number of nitrogens with one attached hydrogen (secondary N) is 3. The van der Waals surface area contributed by atoms with Gasteiger partial charge in [-0.2, -0.15) is 0 Å². The smallest absolute Gasteiger partial charge is 0.410 e. The van der Waals surface area contributed by atoms with Crippen molar-refractivity contribution in [3.63, 3.8) is 0 Å². The second-order valence-corrected chi connectivity index (χ2v) is 13.2. The third-order valence-corrected chi connectivity index (χ3v) is 9.00. The van der Waals surface area contributed by atoms with Crippen molar-refractivity contribution < 1.29 is 19.1 Å². The van der Waals surface area contributed by atoms with Gasteiger partial charge in [0.25, 0.3) is 0 Å². The molecular formula is C34H42N6O5. The molecule has 1 atom stereocenters. The van der Waals surface area contributed by atoms with E-state index in [1.54, 1.807) is 4.90 Å². The molecule has 3 N–H and O–H groups in total. The van der Waals surface area contributed by atoms with Crippen molar-refractivity contribution in [3.8, 4) is 0 Å². The van der Waals surface area contributed by atoms with Gasteiger partial charge in [0.2, 0.25) is 11.8 Å². The van der Waals surface area contributed by atoms with Gasteiger partial charge in [0.15, 0.2) is 0 Å². The largest absolute Gasteiger partial charge is 0.444 e. The molecule has 1 unspecified atom stereocenters. The first kappa shape index (κ1) is 30.5. The van der Waals surface area contributed by atoms with E-state index in [4.69, 9.17) is 4.74 Å². The first-order valence-electron chi connectivity index (χ1n) is 15.9. The molecule has 0 spiro atoms. The van der Waals surface area contributed by atoms with Crippen LogP contribution in [-0.4, -0.2) is 80.1 Å². The van der Waals surface area contributed by atoms with E-state index in [1.165, 1.54) is 0 Å². The van der Waals surface area contributed by atoms with Gasteiger partial charge in [-0.05, 0) is 70.2 Å².